The molecule has 2 heterocycles. The smallest absolute Gasteiger partial charge is 0.244 e. The summed E-state index contributed by atoms with van der Waals surface area (Å²) in [6.07, 6.45) is 1.28. The minimum Gasteiger partial charge on any atom is -0.379 e. The lowest BCUT2D eigenvalue weighted by Gasteiger charge is -2.25. The summed E-state index contributed by atoms with van der Waals surface area (Å²) in [5.74, 6) is 0.135. The van der Waals surface area contributed by atoms with Gasteiger partial charge in [0, 0.05) is 30.0 Å². The number of ether oxygens (including phenoxy) is 1. The van der Waals surface area contributed by atoms with E-state index in [2.05, 4.69) is 15.6 Å². The second kappa shape index (κ2) is 8.87. The zero-order valence-electron chi connectivity index (χ0n) is 15.3. The molecule has 0 saturated carbocycles. The van der Waals surface area contributed by atoms with Crippen LogP contribution in [0.2, 0.25) is 5.02 Å². The summed E-state index contributed by atoms with van der Waals surface area (Å²) in [5.41, 5.74) is 1.42. The van der Waals surface area contributed by atoms with Crippen molar-refractivity contribution in [3.8, 4) is 0 Å². The molecule has 28 heavy (non-hydrogen) atoms. The predicted molar refractivity (Wildman–Crippen MR) is 107 cm³/mol. The first kappa shape index (κ1) is 20.5. The Hall–Kier alpha value is -2.20. The maximum atomic E-state index is 12.6. The van der Waals surface area contributed by atoms with Gasteiger partial charge >= 0.3 is 0 Å². The first-order valence-electron chi connectivity index (χ1n) is 8.71. The molecule has 1 aliphatic rings. The Balaban J connectivity index is 1.58. The molecule has 8 nitrogen and oxygen atoms in total. The molecule has 0 aliphatic carbocycles. The minimum absolute atomic E-state index is 0.0193. The van der Waals surface area contributed by atoms with E-state index in [0.717, 1.165) is 5.56 Å². The third-order valence-corrected chi connectivity index (χ3v) is 6.61. The molecule has 0 atom stereocenters. The number of benzene rings is 1. The molecule has 1 amide bonds. The highest BCUT2D eigenvalue weighted by Gasteiger charge is 2.26. The first-order chi connectivity index (χ1) is 13.4. The number of rotatable bonds is 6. The summed E-state index contributed by atoms with van der Waals surface area (Å²) >= 11 is 6.04. The van der Waals surface area contributed by atoms with Gasteiger partial charge in [-0.2, -0.15) is 4.31 Å². The summed E-state index contributed by atoms with van der Waals surface area (Å²) in [6.45, 7) is 3.22. The molecular formula is C18H21ClN4O4S. The summed E-state index contributed by atoms with van der Waals surface area (Å²) in [7, 11) is -3.59. The molecule has 2 aromatic rings. The molecule has 2 N–H and O–H groups in total. The molecule has 1 aromatic heterocycles. The van der Waals surface area contributed by atoms with E-state index in [1.165, 1.54) is 22.6 Å². The summed E-state index contributed by atoms with van der Waals surface area (Å²) < 4.78 is 31.7. The van der Waals surface area contributed by atoms with Gasteiger partial charge in [0.2, 0.25) is 15.9 Å². The molecule has 10 heteroatoms. The molecule has 0 unspecified atom stereocenters. The van der Waals surface area contributed by atoms with Gasteiger partial charge in [-0.1, -0.05) is 17.7 Å². The predicted octanol–water partition coefficient (Wildman–Crippen LogP) is 2.11. The van der Waals surface area contributed by atoms with Gasteiger partial charge in [-0.25, -0.2) is 13.4 Å². The standard InChI is InChI=1S/C18H21ClN4O4S/c1-13-15(19)3-2-4-16(13)22-18(24)12-21-17-6-5-14(11-20-17)28(25,26)23-7-9-27-10-8-23/h2-6,11H,7-10,12H2,1H3,(H,20,21)(H,22,24). The number of carbonyl (C=O) groups is 1. The molecule has 0 radical (unpaired) electrons. The van der Waals surface area contributed by atoms with E-state index in [1.54, 1.807) is 18.2 Å². The fraction of sp³-hybridized carbons (Fsp3) is 0.333. The number of nitrogens with zero attached hydrogens (tertiary/aromatic N) is 2. The van der Waals surface area contributed by atoms with Gasteiger partial charge in [0.05, 0.1) is 19.8 Å². The number of hydrogen-bond acceptors (Lipinski definition) is 6. The summed E-state index contributed by atoms with van der Waals surface area (Å²) in [5, 5.41) is 6.22. The highest BCUT2D eigenvalue weighted by Crippen LogP contribution is 2.23. The SMILES string of the molecule is Cc1c(Cl)cccc1NC(=O)CNc1ccc(S(=O)(=O)N2CCOCC2)cn1. The van der Waals surface area contributed by atoms with Crippen molar-refractivity contribution in [1.82, 2.24) is 9.29 Å². The molecule has 0 bridgehead atoms. The molecule has 1 aromatic carbocycles. The lowest BCUT2D eigenvalue weighted by atomic mass is 10.2. The molecule has 1 aliphatic heterocycles. The van der Waals surface area contributed by atoms with E-state index < -0.39 is 10.0 Å². The van der Waals surface area contributed by atoms with E-state index in [-0.39, 0.29) is 17.3 Å². The van der Waals surface area contributed by atoms with E-state index in [4.69, 9.17) is 16.3 Å². The van der Waals surface area contributed by atoms with Crippen molar-refractivity contribution in [3.63, 3.8) is 0 Å². The third-order valence-electron chi connectivity index (χ3n) is 4.32. The minimum atomic E-state index is -3.59. The fourth-order valence-corrected chi connectivity index (χ4v) is 4.21. The third kappa shape index (κ3) is 4.79. The van der Waals surface area contributed by atoms with Crippen LogP contribution in [-0.4, -0.2) is 56.5 Å². The van der Waals surface area contributed by atoms with Crippen LogP contribution in [0.3, 0.4) is 0 Å². The Morgan fingerprint density at radius 3 is 2.68 bits per heavy atom. The van der Waals surface area contributed by atoms with Crippen LogP contribution in [0.15, 0.2) is 41.4 Å². The molecule has 1 fully saturated rings. The van der Waals surface area contributed by atoms with Crippen LogP contribution < -0.4 is 10.6 Å². The van der Waals surface area contributed by atoms with Gasteiger partial charge < -0.3 is 15.4 Å². The fourth-order valence-electron chi connectivity index (χ4n) is 2.68. The molecule has 3 rings (SSSR count). The van der Waals surface area contributed by atoms with Gasteiger partial charge in [0.1, 0.15) is 10.7 Å². The number of hydrogen-bond donors (Lipinski definition) is 2. The second-order valence-corrected chi connectivity index (χ2v) is 8.55. The number of amides is 1. The Kier molecular flexibility index (Phi) is 6.50. The van der Waals surface area contributed by atoms with Crippen molar-refractivity contribution >= 4 is 39.0 Å². The number of halogens is 1. The molecule has 0 spiro atoms. The van der Waals surface area contributed by atoms with Gasteiger partial charge in [-0.15, -0.1) is 0 Å². The van der Waals surface area contributed by atoms with Crippen molar-refractivity contribution in [1.29, 1.82) is 0 Å². The Morgan fingerprint density at radius 1 is 1.25 bits per heavy atom. The number of aromatic nitrogens is 1. The topological polar surface area (TPSA) is 101 Å². The number of morpholine rings is 1. The molecular weight excluding hydrogens is 404 g/mol. The van der Waals surface area contributed by atoms with Gasteiger partial charge in [-0.3, -0.25) is 4.79 Å². The quantitative estimate of drug-likeness (QED) is 0.736. The molecule has 1 saturated heterocycles. The second-order valence-electron chi connectivity index (χ2n) is 6.21. The van der Waals surface area contributed by atoms with Crippen molar-refractivity contribution < 1.29 is 17.9 Å². The van der Waals surface area contributed by atoms with E-state index in [0.29, 0.717) is 42.8 Å². The van der Waals surface area contributed by atoms with Crippen molar-refractivity contribution in [2.24, 2.45) is 0 Å². The maximum absolute atomic E-state index is 12.6. The number of carbonyl (C=O) groups excluding carboxylic acids is 1. The number of nitrogens with one attached hydrogen (secondary N) is 2. The van der Waals surface area contributed by atoms with Crippen LogP contribution in [0.25, 0.3) is 0 Å². The van der Waals surface area contributed by atoms with Crippen LogP contribution in [-0.2, 0) is 19.6 Å². The van der Waals surface area contributed by atoms with E-state index in [1.807, 2.05) is 6.92 Å². The van der Waals surface area contributed by atoms with E-state index in [9.17, 15) is 13.2 Å². The van der Waals surface area contributed by atoms with E-state index >= 15 is 0 Å². The Labute approximate surface area is 168 Å². The van der Waals surface area contributed by atoms with Gasteiger partial charge in [-0.05, 0) is 36.8 Å². The first-order valence-corrected chi connectivity index (χ1v) is 10.5. The van der Waals surface area contributed by atoms with Crippen molar-refractivity contribution in [3.05, 3.63) is 47.1 Å². The van der Waals surface area contributed by atoms with Crippen LogP contribution in [0, 0.1) is 6.92 Å². The maximum Gasteiger partial charge on any atom is 0.244 e. The van der Waals surface area contributed by atoms with Gasteiger partial charge in [0.25, 0.3) is 0 Å². The highest BCUT2D eigenvalue weighted by molar-refractivity contribution is 7.89. The zero-order valence-corrected chi connectivity index (χ0v) is 16.9. The zero-order chi connectivity index (χ0) is 20.1. The monoisotopic (exact) mass is 424 g/mol. The van der Waals surface area contributed by atoms with Crippen LogP contribution in [0.4, 0.5) is 11.5 Å². The normalized spacial score (nSPS) is 15.2. The van der Waals surface area contributed by atoms with Crippen molar-refractivity contribution in [2.45, 2.75) is 11.8 Å². The van der Waals surface area contributed by atoms with Crippen LogP contribution in [0.1, 0.15) is 5.56 Å². The lowest BCUT2D eigenvalue weighted by Crippen LogP contribution is -2.40. The highest BCUT2D eigenvalue weighted by atomic mass is 35.5. The number of pyridine rings is 1. The van der Waals surface area contributed by atoms with Crippen LogP contribution >= 0.6 is 11.6 Å². The van der Waals surface area contributed by atoms with Gasteiger partial charge in [0.15, 0.2) is 0 Å². The summed E-state index contributed by atoms with van der Waals surface area (Å²) in [6, 6.07) is 8.28. The Morgan fingerprint density at radius 2 is 2.00 bits per heavy atom. The largest absolute Gasteiger partial charge is 0.379 e. The molecule has 150 valence electrons. The van der Waals surface area contributed by atoms with Crippen molar-refractivity contribution in [2.75, 3.05) is 43.5 Å². The van der Waals surface area contributed by atoms with Crippen LogP contribution in [0.5, 0.6) is 0 Å². The average molecular weight is 425 g/mol. The number of anilines is 2. The Bertz CT molecular complexity index is 945. The lowest BCUT2D eigenvalue weighted by molar-refractivity contribution is -0.114. The summed E-state index contributed by atoms with van der Waals surface area (Å²) in [4.78, 5) is 16.3. The number of sulfonamides is 1. The average Bonchev–Trinajstić information content (AvgIpc) is 2.71.